The Morgan fingerprint density at radius 1 is 1.40 bits per heavy atom. The van der Waals surface area contributed by atoms with Crippen LogP contribution in [0.2, 0.25) is 0 Å². The van der Waals surface area contributed by atoms with Crippen LogP contribution in [0.1, 0.15) is 12.5 Å². The van der Waals surface area contributed by atoms with E-state index in [-0.39, 0.29) is 12.7 Å². The average molecular weight is 208 g/mol. The molecule has 82 valence electrons. The summed E-state index contributed by atoms with van der Waals surface area (Å²) in [7, 11) is 0. The topological polar surface area (TPSA) is 38.7 Å². The Labute approximate surface area is 89.6 Å². The molecule has 2 atom stereocenters. The fourth-order valence-corrected chi connectivity index (χ4v) is 1.84. The maximum Gasteiger partial charge on any atom is 0.170 e. The highest BCUT2D eigenvalue weighted by Gasteiger charge is 2.36. The molecule has 1 aliphatic heterocycles. The summed E-state index contributed by atoms with van der Waals surface area (Å²) in [4.78, 5) is 0. The van der Waals surface area contributed by atoms with Gasteiger partial charge in [-0.25, -0.2) is 0 Å². The van der Waals surface area contributed by atoms with Gasteiger partial charge in [0.05, 0.1) is 13.2 Å². The molecule has 0 aromatic heterocycles. The van der Waals surface area contributed by atoms with Gasteiger partial charge in [0.1, 0.15) is 6.10 Å². The Morgan fingerprint density at radius 2 is 2.13 bits per heavy atom. The predicted molar refractivity (Wildman–Crippen MR) is 56.5 cm³/mol. The Hall–Kier alpha value is -0.900. The molecule has 2 unspecified atom stereocenters. The van der Waals surface area contributed by atoms with Gasteiger partial charge in [-0.3, -0.25) is 0 Å². The minimum Gasteiger partial charge on any atom is -0.394 e. The van der Waals surface area contributed by atoms with E-state index in [2.05, 4.69) is 0 Å². The van der Waals surface area contributed by atoms with E-state index < -0.39 is 5.79 Å². The summed E-state index contributed by atoms with van der Waals surface area (Å²) in [6.07, 6.45) is 0.531. The number of aliphatic hydroxyl groups excluding tert-OH is 1. The normalized spacial score (nSPS) is 30.7. The van der Waals surface area contributed by atoms with E-state index in [4.69, 9.17) is 14.6 Å². The molecule has 3 heteroatoms. The van der Waals surface area contributed by atoms with Gasteiger partial charge in [-0.15, -0.1) is 0 Å². The van der Waals surface area contributed by atoms with Crippen molar-refractivity contribution in [3.05, 3.63) is 35.9 Å². The minimum absolute atomic E-state index is 0.0182. The molecule has 3 nitrogen and oxygen atoms in total. The first kappa shape index (κ1) is 10.6. The Kier molecular flexibility index (Phi) is 3.05. The molecule has 2 rings (SSSR count). The van der Waals surface area contributed by atoms with Crippen LogP contribution in [0.4, 0.5) is 0 Å². The SMILES string of the molecule is CC1(Cc2ccccc2)OCC(CO)O1. The molecule has 0 saturated carbocycles. The van der Waals surface area contributed by atoms with E-state index in [1.807, 2.05) is 37.3 Å². The lowest BCUT2D eigenvalue weighted by atomic mass is 10.1. The molecular weight excluding hydrogens is 192 g/mol. The minimum atomic E-state index is -0.589. The quantitative estimate of drug-likeness (QED) is 0.815. The Balaban J connectivity index is 2.00. The van der Waals surface area contributed by atoms with Crippen molar-refractivity contribution in [3.63, 3.8) is 0 Å². The van der Waals surface area contributed by atoms with Crippen LogP contribution in [0, 0.1) is 0 Å². The van der Waals surface area contributed by atoms with Gasteiger partial charge in [0, 0.05) is 6.42 Å². The molecule has 1 heterocycles. The lowest BCUT2D eigenvalue weighted by Crippen LogP contribution is -2.30. The number of ether oxygens (including phenoxy) is 2. The summed E-state index contributed by atoms with van der Waals surface area (Å²) in [6, 6.07) is 10.1. The third-order valence-electron chi connectivity index (χ3n) is 2.56. The van der Waals surface area contributed by atoms with Crippen molar-refractivity contribution in [1.82, 2.24) is 0 Å². The molecule has 1 aliphatic rings. The molecule has 1 N–H and O–H groups in total. The highest BCUT2D eigenvalue weighted by Crippen LogP contribution is 2.26. The van der Waals surface area contributed by atoms with Crippen LogP contribution in [0.15, 0.2) is 30.3 Å². The smallest absolute Gasteiger partial charge is 0.170 e. The summed E-state index contributed by atoms with van der Waals surface area (Å²) in [5.74, 6) is -0.589. The molecule has 0 aliphatic carbocycles. The fraction of sp³-hybridized carbons (Fsp3) is 0.500. The van der Waals surface area contributed by atoms with E-state index in [1.165, 1.54) is 5.56 Å². The van der Waals surface area contributed by atoms with Gasteiger partial charge < -0.3 is 14.6 Å². The first-order valence-electron chi connectivity index (χ1n) is 5.18. The van der Waals surface area contributed by atoms with Gasteiger partial charge in [0.15, 0.2) is 5.79 Å². The fourth-order valence-electron chi connectivity index (χ4n) is 1.84. The van der Waals surface area contributed by atoms with Crippen molar-refractivity contribution in [2.45, 2.75) is 25.2 Å². The van der Waals surface area contributed by atoms with Crippen molar-refractivity contribution in [3.8, 4) is 0 Å². The number of hydrogen-bond acceptors (Lipinski definition) is 3. The summed E-state index contributed by atoms with van der Waals surface area (Å²) in [5.41, 5.74) is 1.18. The van der Waals surface area contributed by atoms with Gasteiger partial charge in [-0.2, -0.15) is 0 Å². The summed E-state index contributed by atoms with van der Waals surface area (Å²) in [5, 5.41) is 8.96. The Morgan fingerprint density at radius 3 is 2.73 bits per heavy atom. The van der Waals surface area contributed by atoms with Crippen molar-refractivity contribution in [2.24, 2.45) is 0 Å². The van der Waals surface area contributed by atoms with Crippen molar-refractivity contribution < 1.29 is 14.6 Å². The average Bonchev–Trinajstić information content (AvgIpc) is 2.61. The van der Waals surface area contributed by atoms with Gasteiger partial charge in [0.2, 0.25) is 0 Å². The maximum absolute atomic E-state index is 8.96. The lowest BCUT2D eigenvalue weighted by Gasteiger charge is -2.23. The third-order valence-corrected chi connectivity index (χ3v) is 2.56. The summed E-state index contributed by atoms with van der Waals surface area (Å²) < 4.78 is 11.2. The van der Waals surface area contributed by atoms with Crippen LogP contribution in [0.3, 0.4) is 0 Å². The number of benzene rings is 1. The zero-order chi connectivity index (χ0) is 10.7. The summed E-state index contributed by atoms with van der Waals surface area (Å²) in [6.45, 7) is 2.40. The van der Waals surface area contributed by atoms with Gasteiger partial charge in [0.25, 0.3) is 0 Å². The monoisotopic (exact) mass is 208 g/mol. The van der Waals surface area contributed by atoms with E-state index in [1.54, 1.807) is 0 Å². The Bertz CT molecular complexity index is 312. The molecule has 0 radical (unpaired) electrons. The highest BCUT2D eigenvalue weighted by atomic mass is 16.7. The van der Waals surface area contributed by atoms with E-state index in [0.717, 1.165) is 0 Å². The lowest BCUT2D eigenvalue weighted by molar-refractivity contribution is -0.156. The van der Waals surface area contributed by atoms with E-state index in [0.29, 0.717) is 13.0 Å². The molecule has 0 amide bonds. The first-order valence-corrected chi connectivity index (χ1v) is 5.18. The van der Waals surface area contributed by atoms with Crippen molar-refractivity contribution in [2.75, 3.05) is 13.2 Å². The third kappa shape index (κ3) is 2.56. The zero-order valence-electron chi connectivity index (χ0n) is 8.85. The number of hydrogen-bond donors (Lipinski definition) is 1. The van der Waals surface area contributed by atoms with Crippen LogP contribution in [-0.4, -0.2) is 30.2 Å². The second-order valence-electron chi connectivity index (χ2n) is 4.03. The van der Waals surface area contributed by atoms with Gasteiger partial charge in [-0.1, -0.05) is 30.3 Å². The maximum atomic E-state index is 8.96. The van der Waals surface area contributed by atoms with E-state index >= 15 is 0 Å². The van der Waals surface area contributed by atoms with Crippen LogP contribution >= 0.6 is 0 Å². The van der Waals surface area contributed by atoms with Crippen molar-refractivity contribution >= 4 is 0 Å². The zero-order valence-corrected chi connectivity index (χ0v) is 8.85. The van der Waals surface area contributed by atoms with Gasteiger partial charge >= 0.3 is 0 Å². The number of rotatable bonds is 3. The second kappa shape index (κ2) is 4.31. The molecule has 0 spiro atoms. The van der Waals surface area contributed by atoms with Crippen LogP contribution in [0.5, 0.6) is 0 Å². The number of aliphatic hydroxyl groups is 1. The second-order valence-corrected chi connectivity index (χ2v) is 4.03. The van der Waals surface area contributed by atoms with E-state index in [9.17, 15) is 0 Å². The molecule has 0 bridgehead atoms. The summed E-state index contributed by atoms with van der Waals surface area (Å²) >= 11 is 0. The largest absolute Gasteiger partial charge is 0.394 e. The first-order chi connectivity index (χ1) is 7.22. The molecule has 15 heavy (non-hydrogen) atoms. The van der Waals surface area contributed by atoms with Gasteiger partial charge in [-0.05, 0) is 12.5 Å². The van der Waals surface area contributed by atoms with Crippen molar-refractivity contribution in [1.29, 1.82) is 0 Å². The highest BCUT2D eigenvalue weighted by molar-refractivity contribution is 5.16. The molecule has 1 aromatic carbocycles. The molecule has 1 saturated heterocycles. The molecule has 1 fully saturated rings. The van der Waals surface area contributed by atoms with Crippen LogP contribution < -0.4 is 0 Å². The molecule has 1 aromatic rings. The van der Waals surface area contributed by atoms with Crippen LogP contribution in [0.25, 0.3) is 0 Å². The molecular formula is C12H16O3. The standard InChI is InChI=1S/C12H16O3/c1-12(14-9-11(8-13)15-12)7-10-5-3-2-4-6-10/h2-6,11,13H,7-9H2,1H3. The predicted octanol–water partition coefficient (Wildman–Crippen LogP) is 1.35. The van der Waals surface area contributed by atoms with Crippen LogP contribution in [-0.2, 0) is 15.9 Å².